The number of aliphatic hydroxyl groups excluding tert-OH is 1. The number of amides is 3. The average molecular weight is 536 g/mol. The van der Waals surface area contributed by atoms with Gasteiger partial charge in [0.1, 0.15) is 6.04 Å². The molecule has 0 saturated carbocycles. The number of aliphatic hydroxyl groups is 1. The third-order valence-electron chi connectivity index (χ3n) is 8.45. The second-order valence-corrected chi connectivity index (χ2v) is 12.3. The minimum Gasteiger partial charge on any atom is -0.396 e. The number of hydrogen-bond acceptors (Lipinski definition) is 5. The first-order valence-corrected chi connectivity index (χ1v) is 14.6. The van der Waals surface area contributed by atoms with Gasteiger partial charge in [-0.3, -0.25) is 14.4 Å². The normalized spacial score (nSPS) is 29.4. The molecule has 8 heteroatoms. The van der Waals surface area contributed by atoms with Gasteiger partial charge in [-0.1, -0.05) is 68.3 Å². The van der Waals surface area contributed by atoms with Gasteiger partial charge in [0.2, 0.25) is 17.7 Å². The highest BCUT2D eigenvalue weighted by molar-refractivity contribution is 8.02. The van der Waals surface area contributed by atoms with Gasteiger partial charge in [0.15, 0.2) is 0 Å². The third-order valence-corrected chi connectivity index (χ3v) is 10.5. The number of hydrogen-bond donors (Lipinski definition) is 3. The lowest BCUT2D eigenvalue weighted by Gasteiger charge is -2.38. The Kier molecular flexibility index (Phi) is 8.09. The highest BCUT2D eigenvalue weighted by atomic mass is 32.2. The van der Waals surface area contributed by atoms with Crippen LogP contribution >= 0.6 is 11.8 Å². The van der Waals surface area contributed by atoms with Crippen LogP contribution in [0.2, 0.25) is 0 Å². The van der Waals surface area contributed by atoms with E-state index in [0.717, 1.165) is 43.4 Å². The number of nitrogens with one attached hydrogen (secondary N) is 2. The molecule has 2 aromatic rings. The molecule has 3 amide bonds. The second-order valence-electron chi connectivity index (χ2n) is 10.8. The SMILES string of the molecule is CC1C[C@H]2SC13C(C(=O)NCc1ccccc1)N(CCCCCCO)C(=O)[C@@H]3[C@H]2C(=O)Nc1ccccc1. The molecule has 3 fully saturated rings. The van der Waals surface area contributed by atoms with Crippen LogP contribution in [0.4, 0.5) is 5.69 Å². The predicted molar refractivity (Wildman–Crippen MR) is 149 cm³/mol. The first kappa shape index (κ1) is 26.8. The fraction of sp³-hybridized carbons (Fsp3) is 0.500. The van der Waals surface area contributed by atoms with E-state index in [2.05, 4.69) is 17.6 Å². The van der Waals surface area contributed by atoms with Gasteiger partial charge in [0, 0.05) is 30.6 Å². The second kappa shape index (κ2) is 11.5. The van der Waals surface area contributed by atoms with Crippen LogP contribution in [-0.2, 0) is 20.9 Å². The standard InChI is InChI=1S/C30H37N3O4S/c1-20-18-23-24(27(35)32-22-14-8-5-9-15-22)25-29(37)33(16-10-2-3-11-17-34)26(30(20,25)38-23)28(36)31-19-21-12-6-4-7-13-21/h4-9,12-15,20,23-26,34H,2-3,10-11,16-19H2,1H3,(H,31,36)(H,32,35)/t20?,23-,24+,25+,26?,30?/m1/s1. The number of para-hydroxylation sites is 1. The van der Waals surface area contributed by atoms with Gasteiger partial charge >= 0.3 is 0 Å². The molecule has 202 valence electrons. The first-order valence-electron chi connectivity index (χ1n) is 13.7. The largest absolute Gasteiger partial charge is 0.396 e. The Labute approximate surface area is 228 Å². The van der Waals surface area contributed by atoms with Gasteiger partial charge in [0.05, 0.1) is 16.6 Å². The quantitative estimate of drug-likeness (QED) is 0.380. The molecule has 2 bridgehead atoms. The van der Waals surface area contributed by atoms with Crippen LogP contribution in [0.15, 0.2) is 60.7 Å². The molecule has 3 aliphatic heterocycles. The molecular weight excluding hydrogens is 498 g/mol. The van der Waals surface area contributed by atoms with E-state index in [-0.39, 0.29) is 35.5 Å². The van der Waals surface area contributed by atoms with Crippen LogP contribution < -0.4 is 10.6 Å². The van der Waals surface area contributed by atoms with Gasteiger partial charge in [0.25, 0.3) is 0 Å². The lowest BCUT2D eigenvalue weighted by Crippen LogP contribution is -2.56. The van der Waals surface area contributed by atoms with Crippen LogP contribution in [0.3, 0.4) is 0 Å². The molecule has 0 aliphatic carbocycles. The topological polar surface area (TPSA) is 98.7 Å². The number of fused-ring (bicyclic) bond motifs is 1. The van der Waals surface area contributed by atoms with Crippen molar-refractivity contribution in [3.05, 3.63) is 66.2 Å². The number of benzene rings is 2. The maximum atomic E-state index is 14.1. The van der Waals surface area contributed by atoms with Crippen LogP contribution in [-0.4, -0.2) is 56.9 Å². The summed E-state index contributed by atoms with van der Waals surface area (Å²) in [6.45, 7) is 3.18. The van der Waals surface area contributed by atoms with Gasteiger partial charge in [-0.15, -0.1) is 11.8 Å². The Morgan fingerprint density at radius 2 is 1.68 bits per heavy atom. The van der Waals surface area contributed by atoms with Crippen LogP contribution in [0.1, 0.15) is 44.6 Å². The zero-order valence-corrected chi connectivity index (χ0v) is 22.7. The summed E-state index contributed by atoms with van der Waals surface area (Å²) >= 11 is 1.70. The third kappa shape index (κ3) is 4.84. The summed E-state index contributed by atoms with van der Waals surface area (Å²) in [5.41, 5.74) is 1.72. The van der Waals surface area contributed by atoms with E-state index < -0.39 is 22.6 Å². The summed E-state index contributed by atoms with van der Waals surface area (Å²) in [5.74, 6) is -1.18. The summed E-state index contributed by atoms with van der Waals surface area (Å²) in [7, 11) is 0. The van der Waals surface area contributed by atoms with E-state index in [1.54, 1.807) is 16.7 Å². The maximum Gasteiger partial charge on any atom is 0.244 e. The molecule has 3 unspecified atom stereocenters. The molecule has 6 atom stereocenters. The minimum absolute atomic E-state index is 0.0128. The number of anilines is 1. The summed E-state index contributed by atoms with van der Waals surface area (Å²) in [5, 5.41) is 15.3. The van der Waals surface area contributed by atoms with Gasteiger partial charge in [-0.2, -0.15) is 0 Å². The molecule has 7 nitrogen and oxygen atoms in total. The van der Waals surface area contributed by atoms with Crippen molar-refractivity contribution in [1.29, 1.82) is 0 Å². The van der Waals surface area contributed by atoms with E-state index in [1.165, 1.54) is 0 Å². The number of nitrogens with zero attached hydrogens (tertiary/aromatic N) is 1. The Morgan fingerprint density at radius 1 is 1.00 bits per heavy atom. The molecule has 3 heterocycles. The molecule has 38 heavy (non-hydrogen) atoms. The highest BCUT2D eigenvalue weighted by Gasteiger charge is 2.75. The fourth-order valence-corrected chi connectivity index (χ4v) is 9.16. The zero-order valence-electron chi connectivity index (χ0n) is 21.8. The number of thioether (sulfide) groups is 1. The highest BCUT2D eigenvalue weighted by Crippen LogP contribution is 2.68. The minimum atomic E-state index is -0.619. The maximum absolute atomic E-state index is 14.1. The lowest BCUT2D eigenvalue weighted by molar-refractivity contribution is -0.139. The molecule has 5 rings (SSSR count). The van der Waals surface area contributed by atoms with E-state index in [0.29, 0.717) is 13.1 Å². The molecular formula is C30H37N3O4S. The monoisotopic (exact) mass is 535 g/mol. The summed E-state index contributed by atoms with van der Waals surface area (Å²) in [4.78, 5) is 43.4. The van der Waals surface area contributed by atoms with Crippen molar-refractivity contribution in [2.45, 2.75) is 61.6 Å². The van der Waals surface area contributed by atoms with Crippen molar-refractivity contribution < 1.29 is 19.5 Å². The van der Waals surface area contributed by atoms with Crippen molar-refractivity contribution in [2.24, 2.45) is 17.8 Å². The Hall–Kier alpha value is -2.84. The summed E-state index contributed by atoms with van der Waals surface area (Å²) in [6.07, 6.45) is 4.07. The number of carbonyl (C=O) groups is 3. The summed E-state index contributed by atoms with van der Waals surface area (Å²) in [6, 6.07) is 18.5. The van der Waals surface area contributed by atoms with Crippen molar-refractivity contribution in [3.8, 4) is 0 Å². The number of unbranched alkanes of at least 4 members (excludes halogenated alkanes) is 3. The molecule has 0 aromatic heterocycles. The van der Waals surface area contributed by atoms with Crippen LogP contribution in [0, 0.1) is 17.8 Å². The molecule has 3 N–H and O–H groups in total. The molecule has 3 saturated heterocycles. The zero-order chi connectivity index (χ0) is 26.7. The van der Waals surface area contributed by atoms with Gasteiger partial charge in [-0.25, -0.2) is 0 Å². The fourth-order valence-electron chi connectivity index (χ4n) is 6.74. The average Bonchev–Trinajstić information content (AvgIpc) is 3.52. The van der Waals surface area contributed by atoms with Gasteiger partial charge < -0.3 is 20.6 Å². The number of carbonyl (C=O) groups excluding carboxylic acids is 3. The smallest absolute Gasteiger partial charge is 0.244 e. The Bertz CT molecular complexity index is 1150. The van der Waals surface area contributed by atoms with Crippen molar-refractivity contribution in [1.82, 2.24) is 10.2 Å². The molecule has 3 aliphatic rings. The van der Waals surface area contributed by atoms with Crippen molar-refractivity contribution in [2.75, 3.05) is 18.5 Å². The summed E-state index contributed by atoms with van der Waals surface area (Å²) < 4.78 is -0.619. The molecule has 2 aromatic carbocycles. The van der Waals surface area contributed by atoms with E-state index >= 15 is 0 Å². The predicted octanol–water partition coefficient (Wildman–Crippen LogP) is 3.83. The van der Waals surface area contributed by atoms with Crippen LogP contribution in [0.5, 0.6) is 0 Å². The van der Waals surface area contributed by atoms with Crippen molar-refractivity contribution in [3.63, 3.8) is 0 Å². The Balaban J connectivity index is 1.41. The number of likely N-dealkylation sites (tertiary alicyclic amines) is 1. The van der Waals surface area contributed by atoms with Gasteiger partial charge in [-0.05, 0) is 42.9 Å². The van der Waals surface area contributed by atoms with Crippen LogP contribution in [0.25, 0.3) is 0 Å². The Morgan fingerprint density at radius 3 is 2.39 bits per heavy atom. The molecule has 1 spiro atoms. The van der Waals surface area contributed by atoms with E-state index in [9.17, 15) is 14.4 Å². The van der Waals surface area contributed by atoms with Crippen molar-refractivity contribution >= 4 is 35.2 Å². The molecule has 0 radical (unpaired) electrons. The number of rotatable bonds is 11. The van der Waals surface area contributed by atoms with E-state index in [4.69, 9.17) is 5.11 Å². The lowest BCUT2D eigenvalue weighted by atomic mass is 9.66. The van der Waals surface area contributed by atoms with E-state index in [1.807, 2.05) is 60.7 Å². The first-order chi connectivity index (χ1) is 18.5.